The molecule has 1 N–H and O–H groups in total. The van der Waals surface area contributed by atoms with Crippen LogP contribution in [-0.2, 0) is 16.1 Å². The van der Waals surface area contributed by atoms with Gasteiger partial charge in [-0.2, -0.15) is 0 Å². The molecule has 3 nitrogen and oxygen atoms in total. The fourth-order valence-corrected chi connectivity index (χ4v) is 1.66. The van der Waals surface area contributed by atoms with Crippen molar-refractivity contribution in [3.05, 3.63) is 33.8 Å². The zero-order chi connectivity index (χ0) is 13.8. The standard InChI is InChI=1S/C13H17Cl2NO2/c1-13(2,3)18-12(17)8-16-7-9-4-5-10(14)11(15)6-9/h4-6,16H,7-8H2,1-3H3. The average Bonchev–Trinajstić information content (AvgIpc) is 2.20. The molecule has 5 heteroatoms. The van der Waals surface area contributed by atoms with Gasteiger partial charge in [0.1, 0.15) is 5.60 Å². The van der Waals surface area contributed by atoms with E-state index in [9.17, 15) is 4.79 Å². The van der Waals surface area contributed by atoms with Crippen molar-refractivity contribution in [2.45, 2.75) is 32.9 Å². The quantitative estimate of drug-likeness (QED) is 0.863. The van der Waals surface area contributed by atoms with Crippen LogP contribution in [0.3, 0.4) is 0 Å². The van der Waals surface area contributed by atoms with Gasteiger partial charge in [-0.15, -0.1) is 0 Å². The maximum Gasteiger partial charge on any atom is 0.320 e. The smallest absolute Gasteiger partial charge is 0.320 e. The number of hydrogen-bond acceptors (Lipinski definition) is 3. The number of benzene rings is 1. The minimum Gasteiger partial charge on any atom is -0.459 e. The number of rotatable bonds is 4. The van der Waals surface area contributed by atoms with E-state index in [2.05, 4.69) is 5.32 Å². The number of ether oxygens (including phenoxy) is 1. The molecule has 0 spiro atoms. The Balaban J connectivity index is 2.38. The highest BCUT2D eigenvalue weighted by Crippen LogP contribution is 2.22. The van der Waals surface area contributed by atoms with Crippen molar-refractivity contribution in [2.75, 3.05) is 6.54 Å². The summed E-state index contributed by atoms with van der Waals surface area (Å²) < 4.78 is 5.17. The van der Waals surface area contributed by atoms with E-state index >= 15 is 0 Å². The largest absolute Gasteiger partial charge is 0.459 e. The summed E-state index contributed by atoms with van der Waals surface area (Å²) in [5, 5.41) is 4.02. The van der Waals surface area contributed by atoms with Crippen LogP contribution in [-0.4, -0.2) is 18.1 Å². The lowest BCUT2D eigenvalue weighted by molar-refractivity contribution is -0.153. The number of carbonyl (C=O) groups is 1. The predicted molar refractivity (Wildman–Crippen MR) is 74.0 cm³/mol. The van der Waals surface area contributed by atoms with E-state index in [4.69, 9.17) is 27.9 Å². The molecule has 0 atom stereocenters. The van der Waals surface area contributed by atoms with E-state index in [1.807, 2.05) is 26.8 Å². The second-order valence-electron chi connectivity index (χ2n) is 4.94. The average molecular weight is 290 g/mol. The van der Waals surface area contributed by atoms with Gasteiger partial charge in [-0.1, -0.05) is 29.3 Å². The molecule has 1 rings (SSSR count). The van der Waals surface area contributed by atoms with Gasteiger partial charge in [0.25, 0.3) is 0 Å². The molecule has 0 unspecified atom stereocenters. The van der Waals surface area contributed by atoms with Crippen LogP contribution in [0.2, 0.25) is 10.0 Å². The highest BCUT2D eigenvalue weighted by Gasteiger charge is 2.15. The van der Waals surface area contributed by atoms with Crippen LogP contribution in [0.25, 0.3) is 0 Å². The van der Waals surface area contributed by atoms with Crippen molar-refractivity contribution >= 4 is 29.2 Å². The summed E-state index contributed by atoms with van der Waals surface area (Å²) in [5.74, 6) is -0.275. The lowest BCUT2D eigenvalue weighted by Crippen LogP contribution is -2.31. The molecule has 0 fully saturated rings. The first kappa shape index (κ1) is 15.3. The summed E-state index contributed by atoms with van der Waals surface area (Å²) in [7, 11) is 0. The molecule has 0 heterocycles. The number of nitrogens with one attached hydrogen (secondary N) is 1. The summed E-state index contributed by atoms with van der Waals surface area (Å²) in [4.78, 5) is 11.4. The lowest BCUT2D eigenvalue weighted by Gasteiger charge is -2.19. The molecule has 0 aliphatic carbocycles. The van der Waals surface area contributed by atoms with Gasteiger partial charge in [0.05, 0.1) is 16.6 Å². The second kappa shape index (κ2) is 6.41. The van der Waals surface area contributed by atoms with Crippen molar-refractivity contribution in [3.63, 3.8) is 0 Å². The minimum atomic E-state index is -0.456. The molecule has 0 aromatic heterocycles. The molecule has 1 aromatic rings. The molecule has 0 aliphatic heterocycles. The first-order valence-electron chi connectivity index (χ1n) is 5.64. The van der Waals surface area contributed by atoms with Crippen LogP contribution < -0.4 is 5.32 Å². The van der Waals surface area contributed by atoms with Gasteiger partial charge in [0.15, 0.2) is 0 Å². The molecule has 0 saturated carbocycles. The third-order valence-electron chi connectivity index (χ3n) is 2.00. The zero-order valence-electron chi connectivity index (χ0n) is 10.7. The maximum absolute atomic E-state index is 11.4. The third-order valence-corrected chi connectivity index (χ3v) is 2.74. The van der Waals surface area contributed by atoms with Gasteiger partial charge < -0.3 is 10.1 Å². The van der Waals surface area contributed by atoms with Crippen LogP contribution >= 0.6 is 23.2 Å². The Hall–Kier alpha value is -0.770. The predicted octanol–water partition coefficient (Wildman–Crippen LogP) is 3.42. The van der Waals surface area contributed by atoms with E-state index in [1.54, 1.807) is 12.1 Å². The SMILES string of the molecule is CC(C)(C)OC(=O)CNCc1ccc(Cl)c(Cl)c1. The highest BCUT2D eigenvalue weighted by atomic mass is 35.5. The maximum atomic E-state index is 11.4. The molecular weight excluding hydrogens is 273 g/mol. The number of hydrogen-bond donors (Lipinski definition) is 1. The molecule has 0 radical (unpaired) electrons. The zero-order valence-corrected chi connectivity index (χ0v) is 12.2. The van der Waals surface area contributed by atoms with Crippen LogP contribution in [0.1, 0.15) is 26.3 Å². The summed E-state index contributed by atoms with van der Waals surface area (Å²) in [6.07, 6.45) is 0. The topological polar surface area (TPSA) is 38.3 Å². The molecule has 0 saturated heterocycles. The van der Waals surface area contributed by atoms with E-state index in [1.165, 1.54) is 0 Å². The fourth-order valence-electron chi connectivity index (χ4n) is 1.34. The van der Waals surface area contributed by atoms with E-state index in [0.29, 0.717) is 16.6 Å². The Labute approximate surface area is 117 Å². The van der Waals surface area contributed by atoms with Gasteiger partial charge in [-0.05, 0) is 38.5 Å². The van der Waals surface area contributed by atoms with Crippen LogP contribution in [0, 0.1) is 0 Å². The van der Waals surface area contributed by atoms with Crippen LogP contribution in [0.5, 0.6) is 0 Å². The Morgan fingerprint density at radius 1 is 1.28 bits per heavy atom. The summed E-state index contributed by atoms with van der Waals surface area (Å²) in [6.45, 7) is 6.21. The first-order chi connectivity index (χ1) is 8.28. The van der Waals surface area contributed by atoms with Crippen molar-refractivity contribution in [3.8, 4) is 0 Å². The molecule has 0 bridgehead atoms. The third kappa shape index (κ3) is 5.71. The minimum absolute atomic E-state index is 0.164. The molecule has 18 heavy (non-hydrogen) atoms. The van der Waals surface area contributed by atoms with E-state index in [0.717, 1.165) is 5.56 Å². The van der Waals surface area contributed by atoms with Crippen LogP contribution in [0.4, 0.5) is 0 Å². The second-order valence-corrected chi connectivity index (χ2v) is 5.75. The fraction of sp³-hybridized carbons (Fsp3) is 0.462. The van der Waals surface area contributed by atoms with E-state index < -0.39 is 5.60 Å². The number of carbonyl (C=O) groups excluding carboxylic acids is 1. The van der Waals surface area contributed by atoms with Gasteiger partial charge >= 0.3 is 5.97 Å². The van der Waals surface area contributed by atoms with Gasteiger partial charge in [0, 0.05) is 6.54 Å². The number of esters is 1. The Kier molecular flexibility index (Phi) is 5.45. The number of halogens is 2. The van der Waals surface area contributed by atoms with Crippen molar-refractivity contribution in [2.24, 2.45) is 0 Å². The molecular formula is C13H17Cl2NO2. The molecule has 0 amide bonds. The Morgan fingerprint density at radius 3 is 2.50 bits per heavy atom. The first-order valence-corrected chi connectivity index (χ1v) is 6.40. The van der Waals surface area contributed by atoms with Gasteiger partial charge in [-0.3, -0.25) is 4.79 Å². The van der Waals surface area contributed by atoms with E-state index in [-0.39, 0.29) is 12.5 Å². The molecule has 100 valence electrons. The normalized spacial score (nSPS) is 11.4. The summed E-state index contributed by atoms with van der Waals surface area (Å²) in [6, 6.07) is 5.36. The molecule has 1 aromatic carbocycles. The molecule has 0 aliphatic rings. The Morgan fingerprint density at radius 2 is 1.94 bits per heavy atom. The van der Waals surface area contributed by atoms with Crippen molar-refractivity contribution in [1.82, 2.24) is 5.32 Å². The van der Waals surface area contributed by atoms with Gasteiger partial charge in [-0.25, -0.2) is 0 Å². The van der Waals surface area contributed by atoms with Crippen molar-refractivity contribution in [1.29, 1.82) is 0 Å². The monoisotopic (exact) mass is 289 g/mol. The van der Waals surface area contributed by atoms with Crippen LogP contribution in [0.15, 0.2) is 18.2 Å². The lowest BCUT2D eigenvalue weighted by atomic mass is 10.2. The summed E-state index contributed by atoms with van der Waals surface area (Å²) >= 11 is 11.7. The Bertz CT molecular complexity index is 427. The van der Waals surface area contributed by atoms with Gasteiger partial charge in [0.2, 0.25) is 0 Å². The highest BCUT2D eigenvalue weighted by molar-refractivity contribution is 6.42. The summed E-state index contributed by atoms with van der Waals surface area (Å²) in [5.41, 5.74) is 0.510. The van der Waals surface area contributed by atoms with Crippen molar-refractivity contribution < 1.29 is 9.53 Å².